The third kappa shape index (κ3) is 5.97. The molecular formula is C17H17F3N2O5. The van der Waals surface area contributed by atoms with Gasteiger partial charge < -0.3 is 23.9 Å². The third-order valence-corrected chi connectivity index (χ3v) is 3.59. The normalized spacial score (nSPS) is 17.5. The van der Waals surface area contributed by atoms with E-state index < -0.39 is 18.5 Å². The largest absolute Gasteiger partial charge is 0.484 e. The number of H-pyrrole nitrogens is 1. The Morgan fingerprint density at radius 3 is 2.63 bits per heavy atom. The van der Waals surface area contributed by atoms with E-state index in [2.05, 4.69) is 14.7 Å². The van der Waals surface area contributed by atoms with Gasteiger partial charge in [0.2, 0.25) is 5.88 Å². The molecule has 3 rings (SSSR count). The number of aromatic amines is 1. The summed E-state index contributed by atoms with van der Waals surface area (Å²) in [5, 5.41) is 0. The number of ether oxygens (including phenoxy) is 4. The summed E-state index contributed by atoms with van der Waals surface area (Å²) in [6, 6.07) is 7.34. The second kappa shape index (κ2) is 8.40. The van der Waals surface area contributed by atoms with Crippen LogP contribution in [0.3, 0.4) is 0 Å². The van der Waals surface area contributed by atoms with Gasteiger partial charge in [-0.05, 0) is 29.8 Å². The molecule has 146 valence electrons. The summed E-state index contributed by atoms with van der Waals surface area (Å²) in [6.45, 7) is 0.219. The third-order valence-electron chi connectivity index (χ3n) is 3.59. The van der Waals surface area contributed by atoms with Crippen LogP contribution in [0.25, 0.3) is 11.3 Å². The number of benzene rings is 1. The molecule has 1 aromatic heterocycles. The topological polar surface area (TPSA) is 82.7 Å². The number of halogens is 3. The van der Waals surface area contributed by atoms with Crippen LogP contribution in [0.4, 0.5) is 13.2 Å². The van der Waals surface area contributed by atoms with Gasteiger partial charge in [-0.25, -0.2) is 4.79 Å². The molecule has 0 spiro atoms. The minimum absolute atomic E-state index is 0.0680. The van der Waals surface area contributed by atoms with Crippen molar-refractivity contribution in [2.24, 2.45) is 0 Å². The van der Waals surface area contributed by atoms with E-state index in [9.17, 15) is 18.0 Å². The highest BCUT2D eigenvalue weighted by molar-refractivity contribution is 5.60. The second-order valence-corrected chi connectivity index (χ2v) is 5.75. The van der Waals surface area contributed by atoms with Crippen LogP contribution in [0.15, 0.2) is 35.1 Å². The molecule has 0 radical (unpaired) electrons. The predicted molar refractivity (Wildman–Crippen MR) is 87.9 cm³/mol. The Balaban J connectivity index is 1.67. The summed E-state index contributed by atoms with van der Waals surface area (Å²) in [4.78, 5) is 18.1. The van der Waals surface area contributed by atoms with Crippen LogP contribution in [0.2, 0.25) is 0 Å². The van der Waals surface area contributed by atoms with Crippen LogP contribution in [-0.2, 0) is 9.47 Å². The first-order valence-corrected chi connectivity index (χ1v) is 8.12. The Morgan fingerprint density at radius 2 is 1.96 bits per heavy atom. The monoisotopic (exact) mass is 386 g/mol. The highest BCUT2D eigenvalue weighted by atomic mass is 19.4. The number of hydrogen-bond donors (Lipinski definition) is 1. The summed E-state index contributed by atoms with van der Waals surface area (Å²) < 4.78 is 57.4. The van der Waals surface area contributed by atoms with Crippen LogP contribution in [0.1, 0.15) is 0 Å². The lowest BCUT2D eigenvalue weighted by atomic mass is 10.1. The number of nitrogens with zero attached hydrogens (tertiary/aromatic N) is 1. The quantitative estimate of drug-likeness (QED) is 0.820. The maximum atomic E-state index is 12.2. The molecule has 1 N–H and O–H groups in total. The number of alkyl halides is 3. The van der Waals surface area contributed by atoms with Crippen molar-refractivity contribution in [1.82, 2.24) is 9.97 Å². The molecule has 2 heterocycles. The second-order valence-electron chi connectivity index (χ2n) is 5.75. The molecule has 1 atom stereocenters. The molecule has 2 aromatic rings. The van der Waals surface area contributed by atoms with Crippen LogP contribution < -0.4 is 15.2 Å². The molecule has 10 heteroatoms. The average Bonchev–Trinajstić information content (AvgIpc) is 2.65. The molecule has 27 heavy (non-hydrogen) atoms. The van der Waals surface area contributed by atoms with E-state index in [1.807, 2.05) is 0 Å². The Bertz CT molecular complexity index is 801. The fourth-order valence-electron chi connectivity index (χ4n) is 2.37. The zero-order valence-corrected chi connectivity index (χ0v) is 14.1. The minimum atomic E-state index is -4.41. The van der Waals surface area contributed by atoms with E-state index in [-0.39, 0.29) is 24.3 Å². The highest BCUT2D eigenvalue weighted by Crippen LogP contribution is 2.23. The first-order valence-electron chi connectivity index (χ1n) is 8.12. The number of nitrogens with one attached hydrogen (secondary N) is 1. The van der Waals surface area contributed by atoms with Crippen molar-refractivity contribution in [3.63, 3.8) is 0 Å². The lowest BCUT2D eigenvalue weighted by molar-refractivity contribution is -0.153. The van der Waals surface area contributed by atoms with Gasteiger partial charge in [-0.1, -0.05) is 0 Å². The molecule has 7 nitrogen and oxygen atoms in total. The Labute approximate surface area is 152 Å². The van der Waals surface area contributed by atoms with E-state index in [4.69, 9.17) is 14.2 Å². The Hall–Kier alpha value is -2.59. The number of rotatable bonds is 6. The number of hydrogen-bond acceptors (Lipinski definition) is 6. The van der Waals surface area contributed by atoms with Gasteiger partial charge in [0.05, 0.1) is 25.5 Å². The van der Waals surface area contributed by atoms with Crippen molar-refractivity contribution in [2.45, 2.75) is 12.3 Å². The maximum absolute atomic E-state index is 12.2. The molecule has 1 fully saturated rings. The minimum Gasteiger partial charge on any atom is -0.484 e. The van der Waals surface area contributed by atoms with Gasteiger partial charge in [0.25, 0.3) is 0 Å². The van der Waals surface area contributed by atoms with Crippen molar-refractivity contribution in [1.29, 1.82) is 0 Å². The van der Waals surface area contributed by atoms with E-state index >= 15 is 0 Å². The fourth-order valence-corrected chi connectivity index (χ4v) is 2.37. The van der Waals surface area contributed by atoms with Gasteiger partial charge in [-0.15, -0.1) is 0 Å². The van der Waals surface area contributed by atoms with Crippen molar-refractivity contribution >= 4 is 0 Å². The van der Waals surface area contributed by atoms with E-state index in [0.717, 1.165) is 0 Å². The van der Waals surface area contributed by atoms with E-state index in [1.54, 1.807) is 0 Å². The summed E-state index contributed by atoms with van der Waals surface area (Å²) in [5.41, 5.74) is 0.366. The van der Waals surface area contributed by atoms with Crippen LogP contribution in [0.5, 0.6) is 11.6 Å². The van der Waals surface area contributed by atoms with Crippen molar-refractivity contribution in [2.75, 3.05) is 33.0 Å². The number of aromatic nitrogens is 2. The standard InChI is InChI=1S/C17H17F3N2O5/c18-17(19,20)10-27-12-3-1-11(2-4-12)14-7-15(22-16(23)21-14)26-9-13-8-24-5-6-25-13/h1-4,7,13H,5-6,8-10H2,(H,21,22,23). The molecular weight excluding hydrogens is 369 g/mol. The predicted octanol–water partition coefficient (Wildman–Crippen LogP) is 2.17. The average molecular weight is 386 g/mol. The molecule has 1 saturated heterocycles. The van der Waals surface area contributed by atoms with Gasteiger partial charge in [0.1, 0.15) is 18.5 Å². The van der Waals surface area contributed by atoms with Crippen molar-refractivity contribution < 1.29 is 32.1 Å². The molecule has 0 amide bonds. The first-order chi connectivity index (χ1) is 12.9. The maximum Gasteiger partial charge on any atom is 0.422 e. The van der Waals surface area contributed by atoms with Crippen molar-refractivity contribution in [3.8, 4) is 22.9 Å². The Kier molecular flexibility index (Phi) is 5.97. The lowest BCUT2D eigenvalue weighted by Crippen LogP contribution is -2.33. The zero-order valence-electron chi connectivity index (χ0n) is 14.1. The van der Waals surface area contributed by atoms with Crippen LogP contribution in [-0.4, -0.2) is 55.3 Å². The first kappa shape index (κ1) is 19.2. The molecule has 0 saturated carbocycles. The smallest absolute Gasteiger partial charge is 0.422 e. The fraction of sp³-hybridized carbons (Fsp3) is 0.412. The van der Waals surface area contributed by atoms with Gasteiger partial charge in [-0.3, -0.25) is 0 Å². The summed E-state index contributed by atoms with van der Waals surface area (Å²) >= 11 is 0. The van der Waals surface area contributed by atoms with Crippen LogP contribution in [0, 0.1) is 0 Å². The molecule has 0 bridgehead atoms. The van der Waals surface area contributed by atoms with Crippen molar-refractivity contribution in [3.05, 3.63) is 40.8 Å². The molecule has 0 aliphatic carbocycles. The SMILES string of the molecule is O=c1nc(OCC2COCCO2)cc(-c2ccc(OCC(F)(F)F)cc2)[nH]1. The van der Waals surface area contributed by atoms with Gasteiger partial charge in [-0.2, -0.15) is 18.2 Å². The molecule has 1 aliphatic rings. The molecule has 1 aliphatic heterocycles. The summed E-state index contributed by atoms with van der Waals surface area (Å²) in [7, 11) is 0. The van der Waals surface area contributed by atoms with Gasteiger partial charge >= 0.3 is 11.9 Å². The lowest BCUT2D eigenvalue weighted by Gasteiger charge is -2.22. The van der Waals surface area contributed by atoms with Gasteiger partial charge in [0, 0.05) is 6.07 Å². The Morgan fingerprint density at radius 1 is 1.19 bits per heavy atom. The van der Waals surface area contributed by atoms with E-state index in [0.29, 0.717) is 31.1 Å². The summed E-state index contributed by atoms with van der Waals surface area (Å²) in [6.07, 6.45) is -4.65. The molecule has 1 aromatic carbocycles. The highest BCUT2D eigenvalue weighted by Gasteiger charge is 2.28. The van der Waals surface area contributed by atoms with Crippen LogP contribution >= 0.6 is 0 Å². The van der Waals surface area contributed by atoms with Gasteiger partial charge in [0.15, 0.2) is 6.61 Å². The molecule has 1 unspecified atom stereocenters. The van der Waals surface area contributed by atoms with E-state index in [1.165, 1.54) is 30.3 Å². The zero-order chi connectivity index (χ0) is 19.3. The summed E-state index contributed by atoms with van der Waals surface area (Å²) in [5.74, 6) is 0.179.